The summed E-state index contributed by atoms with van der Waals surface area (Å²) >= 11 is 1.85. The van der Waals surface area contributed by atoms with Gasteiger partial charge in [0.25, 0.3) is 0 Å². The summed E-state index contributed by atoms with van der Waals surface area (Å²) in [6, 6.07) is 2.87. The Labute approximate surface area is 122 Å². The number of hydrazine groups is 1. The van der Waals surface area contributed by atoms with E-state index in [2.05, 4.69) is 22.0 Å². The van der Waals surface area contributed by atoms with E-state index in [0.717, 1.165) is 12.8 Å². The number of anilines is 2. The zero-order valence-corrected chi connectivity index (χ0v) is 12.4. The largest absolute Gasteiger partial charge is 0.364 e. The normalized spacial score (nSPS) is 10.3. The van der Waals surface area contributed by atoms with Gasteiger partial charge in [0.15, 0.2) is 0 Å². The van der Waals surface area contributed by atoms with Gasteiger partial charge in [-0.05, 0) is 30.9 Å². The lowest BCUT2D eigenvalue weighted by Crippen LogP contribution is -2.12. The minimum Gasteiger partial charge on any atom is -0.364 e. The summed E-state index contributed by atoms with van der Waals surface area (Å²) in [7, 11) is 0. The van der Waals surface area contributed by atoms with Crippen LogP contribution in [0.5, 0.6) is 0 Å². The first-order chi connectivity index (χ1) is 9.69. The maximum atomic E-state index is 10.9. The van der Waals surface area contributed by atoms with Gasteiger partial charge in [-0.2, -0.15) is 11.8 Å². The number of nitrogens with two attached hydrogens (primary N) is 1. The zero-order valence-electron chi connectivity index (χ0n) is 11.6. The average Bonchev–Trinajstić information content (AvgIpc) is 2.45. The van der Waals surface area contributed by atoms with E-state index in [0.29, 0.717) is 12.4 Å². The number of thioether (sulfide) groups is 1. The third kappa shape index (κ3) is 5.62. The molecule has 0 unspecified atom stereocenters. The van der Waals surface area contributed by atoms with E-state index in [-0.39, 0.29) is 11.5 Å². The van der Waals surface area contributed by atoms with E-state index in [9.17, 15) is 10.1 Å². The van der Waals surface area contributed by atoms with Crippen LogP contribution in [0.25, 0.3) is 0 Å². The van der Waals surface area contributed by atoms with Gasteiger partial charge in [0.2, 0.25) is 5.82 Å². The Kier molecular flexibility index (Phi) is 7.74. The predicted molar refractivity (Wildman–Crippen MR) is 84.0 cm³/mol. The smallest absolute Gasteiger partial charge is 0.311 e. The van der Waals surface area contributed by atoms with Crippen LogP contribution in [0, 0.1) is 10.1 Å². The van der Waals surface area contributed by atoms with Crippen molar-refractivity contribution in [2.75, 3.05) is 29.3 Å². The molecule has 0 aliphatic carbocycles. The lowest BCUT2D eigenvalue weighted by atomic mass is 10.2. The molecule has 0 radical (unpaired) electrons. The van der Waals surface area contributed by atoms with Crippen molar-refractivity contribution in [1.82, 2.24) is 4.98 Å². The number of nitrogen functional groups attached to an aromatic ring is 1. The summed E-state index contributed by atoms with van der Waals surface area (Å²) < 4.78 is 0. The summed E-state index contributed by atoms with van der Waals surface area (Å²) in [6.07, 6.45) is 6.57. The van der Waals surface area contributed by atoms with E-state index in [1.165, 1.54) is 30.7 Å². The predicted octanol–water partition coefficient (Wildman–Crippen LogP) is 2.61. The number of nitro groups is 1. The average molecular weight is 299 g/mol. The van der Waals surface area contributed by atoms with E-state index in [1.54, 1.807) is 0 Å². The van der Waals surface area contributed by atoms with E-state index in [1.807, 2.05) is 11.8 Å². The fourth-order valence-electron chi connectivity index (χ4n) is 1.74. The molecule has 7 nitrogen and oxygen atoms in total. The molecule has 0 aliphatic heterocycles. The summed E-state index contributed by atoms with van der Waals surface area (Å²) in [4.78, 5) is 14.5. The lowest BCUT2D eigenvalue weighted by Gasteiger charge is -2.08. The van der Waals surface area contributed by atoms with Gasteiger partial charge >= 0.3 is 5.69 Å². The Morgan fingerprint density at radius 1 is 1.35 bits per heavy atom. The topological polar surface area (TPSA) is 106 Å². The van der Waals surface area contributed by atoms with Gasteiger partial charge in [-0.15, -0.1) is 0 Å². The van der Waals surface area contributed by atoms with Gasteiger partial charge in [0.05, 0.1) is 4.92 Å². The van der Waals surface area contributed by atoms with Crippen molar-refractivity contribution >= 4 is 29.1 Å². The van der Waals surface area contributed by atoms with Crippen molar-refractivity contribution in [2.45, 2.75) is 25.7 Å². The first-order valence-electron chi connectivity index (χ1n) is 6.54. The second-order valence-corrected chi connectivity index (χ2v) is 5.29. The molecule has 0 aliphatic rings. The first kappa shape index (κ1) is 16.5. The Hall–Kier alpha value is -1.54. The van der Waals surface area contributed by atoms with Crippen molar-refractivity contribution in [3.8, 4) is 0 Å². The monoisotopic (exact) mass is 299 g/mol. The fourth-order valence-corrected chi connectivity index (χ4v) is 2.23. The SMILES string of the molecule is CSCCCCCCNc1nc(NN)ccc1[N+](=O)[O-]. The number of rotatable bonds is 10. The van der Waals surface area contributed by atoms with Crippen LogP contribution < -0.4 is 16.6 Å². The van der Waals surface area contributed by atoms with Gasteiger partial charge in [-0.1, -0.05) is 12.8 Å². The van der Waals surface area contributed by atoms with Crippen molar-refractivity contribution in [2.24, 2.45) is 5.84 Å². The minimum absolute atomic E-state index is 0.0358. The van der Waals surface area contributed by atoms with Gasteiger partial charge in [-0.25, -0.2) is 10.8 Å². The highest BCUT2D eigenvalue weighted by Crippen LogP contribution is 2.23. The molecule has 0 aromatic carbocycles. The number of unbranched alkanes of at least 4 members (excludes halogenated alkanes) is 3. The van der Waals surface area contributed by atoms with Crippen molar-refractivity contribution in [1.29, 1.82) is 0 Å². The second kappa shape index (κ2) is 9.38. The Bertz CT molecular complexity index is 430. The van der Waals surface area contributed by atoms with E-state index in [4.69, 9.17) is 5.84 Å². The number of hydrogen-bond donors (Lipinski definition) is 3. The van der Waals surface area contributed by atoms with Crippen LogP contribution >= 0.6 is 11.8 Å². The van der Waals surface area contributed by atoms with Gasteiger partial charge in [0, 0.05) is 12.6 Å². The summed E-state index contributed by atoms with van der Waals surface area (Å²) in [5.74, 6) is 7.10. The summed E-state index contributed by atoms with van der Waals surface area (Å²) in [6.45, 7) is 0.668. The second-order valence-electron chi connectivity index (χ2n) is 4.30. The van der Waals surface area contributed by atoms with Crippen LogP contribution in [0.3, 0.4) is 0 Å². The first-order valence-corrected chi connectivity index (χ1v) is 7.93. The molecule has 0 bridgehead atoms. The Balaban J connectivity index is 2.43. The van der Waals surface area contributed by atoms with Crippen LogP contribution in [-0.4, -0.2) is 28.5 Å². The molecule has 1 rings (SSSR count). The molecular formula is C12H21N5O2S. The third-order valence-electron chi connectivity index (χ3n) is 2.79. The quantitative estimate of drug-likeness (QED) is 0.264. The molecule has 0 saturated carbocycles. The lowest BCUT2D eigenvalue weighted by molar-refractivity contribution is -0.384. The van der Waals surface area contributed by atoms with Crippen molar-refractivity contribution < 1.29 is 4.92 Å². The van der Waals surface area contributed by atoms with Gasteiger partial charge in [0.1, 0.15) is 5.82 Å². The molecule has 1 aromatic rings. The number of hydrogen-bond acceptors (Lipinski definition) is 7. The summed E-state index contributed by atoms with van der Waals surface area (Å²) in [5.41, 5.74) is 2.35. The molecule has 20 heavy (non-hydrogen) atoms. The minimum atomic E-state index is -0.450. The molecule has 0 fully saturated rings. The Morgan fingerprint density at radius 2 is 2.10 bits per heavy atom. The molecule has 8 heteroatoms. The molecule has 4 N–H and O–H groups in total. The highest BCUT2D eigenvalue weighted by molar-refractivity contribution is 7.98. The van der Waals surface area contributed by atoms with Gasteiger partial charge in [-0.3, -0.25) is 10.1 Å². The summed E-state index contributed by atoms with van der Waals surface area (Å²) in [5, 5.41) is 13.9. The molecule has 1 heterocycles. The number of nitrogens with zero attached hydrogens (tertiary/aromatic N) is 2. The maximum absolute atomic E-state index is 10.9. The maximum Gasteiger partial charge on any atom is 0.311 e. The number of nitrogens with one attached hydrogen (secondary N) is 2. The van der Waals surface area contributed by atoms with Crippen LogP contribution in [0.2, 0.25) is 0 Å². The van der Waals surface area contributed by atoms with Crippen molar-refractivity contribution in [3.05, 3.63) is 22.2 Å². The van der Waals surface area contributed by atoms with E-state index < -0.39 is 4.92 Å². The standard InChI is InChI=1S/C12H21N5O2S/c1-20-9-5-3-2-4-8-14-12-10(17(18)19)6-7-11(15-12)16-13/h6-7H,2-5,8-9,13H2,1H3,(H2,14,15,16). The van der Waals surface area contributed by atoms with Gasteiger partial charge < -0.3 is 10.7 Å². The van der Waals surface area contributed by atoms with Crippen LogP contribution in [-0.2, 0) is 0 Å². The number of aromatic nitrogens is 1. The molecule has 0 saturated heterocycles. The van der Waals surface area contributed by atoms with Crippen LogP contribution in [0.15, 0.2) is 12.1 Å². The molecule has 0 amide bonds. The van der Waals surface area contributed by atoms with Crippen LogP contribution in [0.4, 0.5) is 17.3 Å². The van der Waals surface area contributed by atoms with Crippen LogP contribution in [0.1, 0.15) is 25.7 Å². The highest BCUT2D eigenvalue weighted by Gasteiger charge is 2.15. The molecule has 0 atom stereocenters. The van der Waals surface area contributed by atoms with Crippen molar-refractivity contribution in [3.63, 3.8) is 0 Å². The molecule has 1 aromatic heterocycles. The Morgan fingerprint density at radius 3 is 2.75 bits per heavy atom. The third-order valence-corrected chi connectivity index (χ3v) is 3.48. The molecular weight excluding hydrogens is 278 g/mol. The fraction of sp³-hybridized carbons (Fsp3) is 0.583. The molecule has 0 spiro atoms. The van der Waals surface area contributed by atoms with E-state index >= 15 is 0 Å². The molecule has 112 valence electrons. The highest BCUT2D eigenvalue weighted by atomic mass is 32.2. The number of pyridine rings is 1. The zero-order chi connectivity index (χ0) is 14.8.